The average molecular weight is 369 g/mol. The second-order valence-corrected chi connectivity index (χ2v) is 6.28. The number of carbonyl (C=O) groups excluding carboxylic acids is 1. The Morgan fingerprint density at radius 1 is 0.714 bits per heavy atom. The zero-order valence-corrected chi connectivity index (χ0v) is 15.3. The van der Waals surface area contributed by atoms with Gasteiger partial charge in [-0.25, -0.2) is 14.8 Å². The van der Waals surface area contributed by atoms with Crippen molar-refractivity contribution in [1.82, 2.24) is 9.97 Å². The highest BCUT2D eigenvalue weighted by atomic mass is 16.2. The molecule has 4 rings (SSSR count). The van der Waals surface area contributed by atoms with Crippen molar-refractivity contribution in [1.29, 1.82) is 0 Å². The van der Waals surface area contributed by atoms with Gasteiger partial charge in [-0.15, -0.1) is 0 Å². The first-order valence-corrected chi connectivity index (χ1v) is 8.91. The molecular weight excluding hydrogens is 350 g/mol. The zero-order chi connectivity index (χ0) is 19.3. The SMILES string of the molecule is Cc1nc(Nc2ccc(NC(=O)Nc3ccccc3)cc2)c2ccccc2n1. The van der Waals surface area contributed by atoms with Crippen LogP contribution in [0.15, 0.2) is 78.9 Å². The van der Waals surface area contributed by atoms with Gasteiger partial charge in [0.05, 0.1) is 5.52 Å². The molecule has 1 heterocycles. The first-order valence-electron chi connectivity index (χ1n) is 8.91. The molecule has 1 aromatic heterocycles. The van der Waals surface area contributed by atoms with Crippen LogP contribution in [-0.4, -0.2) is 16.0 Å². The van der Waals surface area contributed by atoms with E-state index >= 15 is 0 Å². The van der Waals surface area contributed by atoms with Crippen LogP contribution < -0.4 is 16.0 Å². The molecule has 0 saturated heterocycles. The van der Waals surface area contributed by atoms with Crippen molar-refractivity contribution in [3.8, 4) is 0 Å². The number of amides is 2. The second-order valence-electron chi connectivity index (χ2n) is 6.28. The summed E-state index contributed by atoms with van der Waals surface area (Å²) >= 11 is 0. The van der Waals surface area contributed by atoms with Crippen molar-refractivity contribution < 1.29 is 4.79 Å². The number of anilines is 4. The van der Waals surface area contributed by atoms with Gasteiger partial charge >= 0.3 is 6.03 Å². The maximum atomic E-state index is 12.1. The number of para-hydroxylation sites is 2. The third-order valence-electron chi connectivity index (χ3n) is 4.15. The molecule has 3 aromatic carbocycles. The van der Waals surface area contributed by atoms with Crippen molar-refractivity contribution in [2.75, 3.05) is 16.0 Å². The minimum Gasteiger partial charge on any atom is -0.340 e. The summed E-state index contributed by atoms with van der Waals surface area (Å²) in [7, 11) is 0. The lowest BCUT2D eigenvalue weighted by Gasteiger charge is -2.11. The summed E-state index contributed by atoms with van der Waals surface area (Å²) in [5, 5.41) is 9.89. The van der Waals surface area contributed by atoms with Crippen LogP contribution in [0.4, 0.5) is 27.7 Å². The Morgan fingerprint density at radius 3 is 2.07 bits per heavy atom. The Hall–Kier alpha value is -3.93. The van der Waals surface area contributed by atoms with E-state index in [1.165, 1.54) is 0 Å². The highest BCUT2D eigenvalue weighted by Gasteiger charge is 2.06. The van der Waals surface area contributed by atoms with Crippen LogP contribution >= 0.6 is 0 Å². The van der Waals surface area contributed by atoms with E-state index < -0.39 is 0 Å². The van der Waals surface area contributed by atoms with Gasteiger partial charge in [-0.05, 0) is 55.5 Å². The molecule has 28 heavy (non-hydrogen) atoms. The average Bonchev–Trinajstić information content (AvgIpc) is 2.70. The van der Waals surface area contributed by atoms with Crippen molar-refractivity contribution in [2.45, 2.75) is 6.92 Å². The topological polar surface area (TPSA) is 78.9 Å². The molecule has 0 saturated carbocycles. The quantitative estimate of drug-likeness (QED) is 0.454. The van der Waals surface area contributed by atoms with Crippen LogP contribution in [0.1, 0.15) is 5.82 Å². The molecule has 0 atom stereocenters. The number of benzene rings is 3. The maximum Gasteiger partial charge on any atom is 0.323 e. The van der Waals surface area contributed by atoms with Gasteiger partial charge in [0.15, 0.2) is 0 Å². The molecule has 138 valence electrons. The zero-order valence-electron chi connectivity index (χ0n) is 15.3. The van der Waals surface area contributed by atoms with Crippen LogP contribution in [0.25, 0.3) is 10.9 Å². The first-order chi connectivity index (χ1) is 13.7. The predicted octanol–water partition coefficient (Wildman–Crippen LogP) is 5.33. The van der Waals surface area contributed by atoms with E-state index in [2.05, 4.69) is 25.9 Å². The lowest BCUT2D eigenvalue weighted by Crippen LogP contribution is -2.19. The highest BCUT2D eigenvalue weighted by molar-refractivity contribution is 5.99. The molecule has 3 N–H and O–H groups in total. The number of aryl methyl sites for hydroxylation is 1. The Balaban J connectivity index is 1.46. The summed E-state index contributed by atoms with van der Waals surface area (Å²) in [5.41, 5.74) is 3.21. The summed E-state index contributed by atoms with van der Waals surface area (Å²) in [6.07, 6.45) is 0. The van der Waals surface area contributed by atoms with E-state index in [1.807, 2.05) is 85.8 Å². The first kappa shape index (κ1) is 17.5. The van der Waals surface area contributed by atoms with Gasteiger partial charge < -0.3 is 16.0 Å². The van der Waals surface area contributed by atoms with Gasteiger partial charge in [-0.3, -0.25) is 0 Å². The molecule has 0 unspecified atom stereocenters. The molecule has 0 aliphatic rings. The predicted molar refractivity (Wildman–Crippen MR) is 113 cm³/mol. The van der Waals surface area contributed by atoms with Gasteiger partial charge in [0.2, 0.25) is 0 Å². The van der Waals surface area contributed by atoms with Gasteiger partial charge in [0.1, 0.15) is 11.6 Å². The Kier molecular flexibility index (Phi) is 4.84. The van der Waals surface area contributed by atoms with Crippen molar-refractivity contribution in [2.24, 2.45) is 0 Å². The second kappa shape index (κ2) is 7.75. The molecule has 4 aromatic rings. The van der Waals surface area contributed by atoms with Crippen molar-refractivity contribution in [3.05, 3.63) is 84.7 Å². The lowest BCUT2D eigenvalue weighted by molar-refractivity contribution is 0.262. The third-order valence-corrected chi connectivity index (χ3v) is 4.15. The fraction of sp³-hybridized carbons (Fsp3) is 0.0455. The molecule has 6 nitrogen and oxygen atoms in total. The number of nitrogens with zero attached hydrogens (tertiary/aromatic N) is 2. The van der Waals surface area contributed by atoms with E-state index in [0.717, 1.165) is 28.1 Å². The normalized spacial score (nSPS) is 10.5. The number of fused-ring (bicyclic) bond motifs is 1. The monoisotopic (exact) mass is 369 g/mol. The Morgan fingerprint density at radius 2 is 1.32 bits per heavy atom. The third kappa shape index (κ3) is 4.07. The standard InChI is InChI=1S/C22H19N5O/c1-15-23-20-10-6-5-9-19(20)21(24-15)25-17-11-13-18(14-12-17)27-22(28)26-16-7-3-2-4-8-16/h2-14H,1H3,(H,23,24,25)(H2,26,27,28). The number of nitrogens with one attached hydrogen (secondary N) is 3. The van der Waals surface area contributed by atoms with E-state index in [4.69, 9.17) is 0 Å². The fourth-order valence-corrected chi connectivity index (χ4v) is 2.88. The van der Waals surface area contributed by atoms with Crippen LogP contribution in [0.3, 0.4) is 0 Å². The van der Waals surface area contributed by atoms with Crippen molar-refractivity contribution >= 4 is 39.8 Å². The molecule has 0 fully saturated rings. The number of hydrogen-bond acceptors (Lipinski definition) is 4. The molecule has 2 amide bonds. The summed E-state index contributed by atoms with van der Waals surface area (Å²) in [5.74, 6) is 1.46. The maximum absolute atomic E-state index is 12.1. The minimum absolute atomic E-state index is 0.288. The number of carbonyl (C=O) groups is 1. The smallest absolute Gasteiger partial charge is 0.323 e. The Labute approximate surface area is 162 Å². The number of urea groups is 1. The Bertz CT molecular complexity index is 1110. The minimum atomic E-state index is -0.288. The van der Waals surface area contributed by atoms with Crippen LogP contribution in [0.5, 0.6) is 0 Å². The van der Waals surface area contributed by atoms with E-state index in [9.17, 15) is 4.79 Å². The van der Waals surface area contributed by atoms with E-state index in [0.29, 0.717) is 11.5 Å². The van der Waals surface area contributed by atoms with Gasteiger partial charge in [-0.2, -0.15) is 0 Å². The molecular formula is C22H19N5O. The van der Waals surface area contributed by atoms with E-state index in [1.54, 1.807) is 0 Å². The van der Waals surface area contributed by atoms with Gasteiger partial charge in [0, 0.05) is 22.4 Å². The van der Waals surface area contributed by atoms with Crippen LogP contribution in [0, 0.1) is 6.92 Å². The molecule has 0 radical (unpaired) electrons. The lowest BCUT2D eigenvalue weighted by atomic mass is 10.2. The molecule has 0 aliphatic heterocycles. The number of hydrogen-bond donors (Lipinski definition) is 3. The fourth-order valence-electron chi connectivity index (χ4n) is 2.88. The molecule has 0 spiro atoms. The molecule has 6 heteroatoms. The highest BCUT2D eigenvalue weighted by Crippen LogP contribution is 2.24. The van der Waals surface area contributed by atoms with Crippen molar-refractivity contribution in [3.63, 3.8) is 0 Å². The number of aromatic nitrogens is 2. The number of rotatable bonds is 4. The van der Waals surface area contributed by atoms with Gasteiger partial charge in [-0.1, -0.05) is 30.3 Å². The summed E-state index contributed by atoms with van der Waals surface area (Å²) < 4.78 is 0. The van der Waals surface area contributed by atoms with Gasteiger partial charge in [0.25, 0.3) is 0 Å². The molecule has 0 bridgehead atoms. The van der Waals surface area contributed by atoms with Crippen LogP contribution in [0.2, 0.25) is 0 Å². The summed E-state index contributed by atoms with van der Waals surface area (Å²) in [6.45, 7) is 1.87. The van der Waals surface area contributed by atoms with E-state index in [-0.39, 0.29) is 6.03 Å². The van der Waals surface area contributed by atoms with Crippen LogP contribution in [-0.2, 0) is 0 Å². The summed E-state index contributed by atoms with van der Waals surface area (Å²) in [4.78, 5) is 21.1. The largest absolute Gasteiger partial charge is 0.340 e. The molecule has 0 aliphatic carbocycles. The summed E-state index contributed by atoms with van der Waals surface area (Å²) in [6, 6.07) is 24.4.